The van der Waals surface area contributed by atoms with Gasteiger partial charge >= 0.3 is 0 Å². The molecular weight excluding hydrogens is 296 g/mol. The van der Waals surface area contributed by atoms with Crippen molar-refractivity contribution in [1.82, 2.24) is 4.31 Å². The van der Waals surface area contributed by atoms with Crippen LogP contribution in [0.25, 0.3) is 0 Å². The van der Waals surface area contributed by atoms with Gasteiger partial charge in [-0.05, 0) is 12.1 Å². The number of benzene rings is 1. The van der Waals surface area contributed by atoms with Crippen LogP contribution in [0, 0.1) is 0 Å². The summed E-state index contributed by atoms with van der Waals surface area (Å²) < 4.78 is 35.2. The first-order chi connectivity index (χ1) is 9.85. The normalized spacial score (nSPS) is 13.3. The third kappa shape index (κ3) is 6.30. The number of aliphatic hydroxyl groups is 1. The second kappa shape index (κ2) is 8.18. The van der Waals surface area contributed by atoms with E-state index in [0.717, 1.165) is 4.31 Å². The quantitative estimate of drug-likeness (QED) is 0.617. The van der Waals surface area contributed by atoms with Crippen molar-refractivity contribution in [2.75, 3.05) is 45.4 Å². The Balaban J connectivity index is 2.45. The number of nitrogens with zero attached hydrogens (tertiary/aromatic N) is 1. The van der Waals surface area contributed by atoms with Crippen LogP contribution >= 0.6 is 0 Å². The zero-order valence-electron chi connectivity index (χ0n) is 12.2. The van der Waals surface area contributed by atoms with Crippen molar-refractivity contribution in [2.45, 2.75) is 6.10 Å². The van der Waals surface area contributed by atoms with E-state index in [1.54, 1.807) is 24.3 Å². The second-order valence-electron chi connectivity index (χ2n) is 4.63. The average Bonchev–Trinajstić information content (AvgIpc) is 2.38. The Morgan fingerprint density at radius 1 is 1.43 bits per heavy atom. The minimum absolute atomic E-state index is 0.0104. The molecule has 0 spiro atoms. The van der Waals surface area contributed by atoms with E-state index >= 15 is 0 Å². The second-order valence-corrected chi connectivity index (χ2v) is 6.82. The summed E-state index contributed by atoms with van der Waals surface area (Å²) in [5, 5.41) is 9.54. The molecule has 1 unspecified atom stereocenters. The van der Waals surface area contributed by atoms with Gasteiger partial charge in [0.05, 0.1) is 18.5 Å². The Kier molecular flexibility index (Phi) is 6.90. The van der Waals surface area contributed by atoms with Crippen molar-refractivity contribution in [3.63, 3.8) is 0 Å². The molecule has 1 atom stereocenters. The van der Waals surface area contributed by atoms with Gasteiger partial charge in [0.25, 0.3) is 0 Å². The summed E-state index contributed by atoms with van der Waals surface area (Å²) in [5.41, 5.74) is 6.15. The standard InChI is InChI=1S/C13H22N2O5S/c1-15(9-12(16)10-19-2)21(17,18)7-6-20-13-5-3-4-11(14)8-13/h3-5,8,12,16H,6-7,9-10,14H2,1-2H3. The molecule has 0 saturated carbocycles. The Labute approximate surface area is 125 Å². The van der Waals surface area contributed by atoms with Gasteiger partial charge in [-0.25, -0.2) is 12.7 Å². The molecule has 0 heterocycles. The predicted octanol–water partition coefficient (Wildman–Crippen LogP) is -0.0835. The number of ether oxygens (including phenoxy) is 2. The van der Waals surface area contributed by atoms with E-state index in [2.05, 4.69) is 0 Å². The van der Waals surface area contributed by atoms with Crippen LogP contribution < -0.4 is 10.5 Å². The molecule has 0 radical (unpaired) electrons. The van der Waals surface area contributed by atoms with Crippen molar-refractivity contribution in [1.29, 1.82) is 0 Å². The summed E-state index contributed by atoms with van der Waals surface area (Å²) in [6, 6.07) is 6.77. The summed E-state index contributed by atoms with van der Waals surface area (Å²) in [6.07, 6.45) is -0.857. The number of likely N-dealkylation sites (N-methyl/N-ethyl adjacent to an activating group) is 1. The highest BCUT2D eigenvalue weighted by Gasteiger charge is 2.20. The summed E-state index contributed by atoms with van der Waals surface area (Å²) in [6.45, 7) is 0.0740. The molecule has 1 aromatic carbocycles. The molecule has 0 fully saturated rings. The molecule has 0 saturated heterocycles. The first kappa shape index (κ1) is 17.7. The lowest BCUT2D eigenvalue weighted by molar-refractivity contribution is 0.0554. The van der Waals surface area contributed by atoms with Crippen molar-refractivity contribution < 1.29 is 23.0 Å². The molecule has 0 bridgehead atoms. The maximum Gasteiger partial charge on any atom is 0.217 e. The highest BCUT2D eigenvalue weighted by molar-refractivity contribution is 7.89. The predicted molar refractivity (Wildman–Crippen MR) is 80.6 cm³/mol. The molecule has 21 heavy (non-hydrogen) atoms. The summed E-state index contributed by atoms with van der Waals surface area (Å²) in [7, 11) is -0.639. The molecule has 0 aliphatic rings. The highest BCUT2D eigenvalue weighted by atomic mass is 32.2. The van der Waals surface area contributed by atoms with E-state index in [9.17, 15) is 13.5 Å². The Bertz CT molecular complexity index is 535. The molecule has 0 aliphatic heterocycles. The van der Waals surface area contributed by atoms with Gasteiger partial charge in [-0.1, -0.05) is 6.07 Å². The van der Waals surface area contributed by atoms with E-state index < -0.39 is 16.1 Å². The molecular formula is C13H22N2O5S. The largest absolute Gasteiger partial charge is 0.492 e. The molecule has 0 aromatic heterocycles. The first-order valence-corrected chi connectivity index (χ1v) is 8.05. The third-order valence-corrected chi connectivity index (χ3v) is 4.55. The number of aliphatic hydroxyl groups excluding tert-OH is 1. The number of anilines is 1. The van der Waals surface area contributed by atoms with Crippen molar-refractivity contribution in [3.8, 4) is 5.75 Å². The minimum atomic E-state index is -3.49. The molecule has 0 amide bonds. The zero-order chi connectivity index (χ0) is 15.9. The van der Waals surface area contributed by atoms with Gasteiger partial charge in [-0.15, -0.1) is 0 Å². The molecule has 1 rings (SSSR count). The maximum absolute atomic E-state index is 12.0. The number of methoxy groups -OCH3 is 1. The Morgan fingerprint density at radius 2 is 2.14 bits per heavy atom. The summed E-state index contributed by atoms with van der Waals surface area (Å²) >= 11 is 0. The van der Waals surface area contributed by atoms with Gasteiger partial charge < -0.3 is 20.3 Å². The lowest BCUT2D eigenvalue weighted by Crippen LogP contribution is -2.38. The number of nitrogen functional groups attached to an aromatic ring is 1. The molecule has 3 N–H and O–H groups in total. The highest BCUT2D eigenvalue weighted by Crippen LogP contribution is 2.14. The smallest absolute Gasteiger partial charge is 0.217 e. The van der Waals surface area contributed by atoms with E-state index in [-0.39, 0.29) is 25.5 Å². The molecule has 120 valence electrons. The van der Waals surface area contributed by atoms with Crippen LogP contribution in [-0.4, -0.2) is 63.6 Å². The van der Waals surface area contributed by atoms with Gasteiger partial charge in [0.2, 0.25) is 10.0 Å². The topological polar surface area (TPSA) is 102 Å². The van der Waals surface area contributed by atoms with Crippen molar-refractivity contribution in [2.24, 2.45) is 0 Å². The van der Waals surface area contributed by atoms with Crippen LogP contribution in [0.3, 0.4) is 0 Å². The van der Waals surface area contributed by atoms with Gasteiger partial charge in [0.15, 0.2) is 0 Å². The molecule has 0 aliphatic carbocycles. The molecule has 8 heteroatoms. The molecule has 7 nitrogen and oxygen atoms in total. The molecule has 1 aromatic rings. The number of hydrogen-bond acceptors (Lipinski definition) is 6. The third-order valence-electron chi connectivity index (χ3n) is 2.77. The van der Waals surface area contributed by atoms with Crippen molar-refractivity contribution in [3.05, 3.63) is 24.3 Å². The van der Waals surface area contributed by atoms with E-state index in [1.165, 1.54) is 14.2 Å². The number of rotatable bonds is 9. The maximum atomic E-state index is 12.0. The minimum Gasteiger partial charge on any atom is -0.492 e. The number of nitrogens with two attached hydrogens (primary N) is 1. The van der Waals surface area contributed by atoms with Gasteiger partial charge in [0, 0.05) is 32.5 Å². The van der Waals surface area contributed by atoms with E-state index in [4.69, 9.17) is 15.2 Å². The summed E-state index contributed by atoms with van der Waals surface area (Å²) in [5.74, 6) is 0.338. The SMILES string of the molecule is COCC(O)CN(C)S(=O)(=O)CCOc1cccc(N)c1. The van der Waals surface area contributed by atoms with Crippen LogP contribution in [0.4, 0.5) is 5.69 Å². The van der Waals surface area contributed by atoms with Crippen LogP contribution in [0.2, 0.25) is 0 Å². The van der Waals surface area contributed by atoms with Crippen LogP contribution in [0.1, 0.15) is 0 Å². The Hall–Kier alpha value is -1.35. The number of hydrogen-bond donors (Lipinski definition) is 2. The van der Waals surface area contributed by atoms with Crippen LogP contribution in [0.5, 0.6) is 5.75 Å². The van der Waals surface area contributed by atoms with E-state index in [0.29, 0.717) is 11.4 Å². The van der Waals surface area contributed by atoms with Gasteiger partial charge in [-0.2, -0.15) is 0 Å². The Morgan fingerprint density at radius 3 is 2.76 bits per heavy atom. The lowest BCUT2D eigenvalue weighted by atomic mass is 10.3. The van der Waals surface area contributed by atoms with Crippen molar-refractivity contribution >= 4 is 15.7 Å². The summed E-state index contributed by atoms with van der Waals surface area (Å²) in [4.78, 5) is 0. The first-order valence-electron chi connectivity index (χ1n) is 6.44. The van der Waals surface area contributed by atoms with Gasteiger partial charge in [-0.3, -0.25) is 0 Å². The fourth-order valence-electron chi connectivity index (χ4n) is 1.68. The fourth-order valence-corrected chi connectivity index (χ4v) is 2.69. The van der Waals surface area contributed by atoms with E-state index in [1.807, 2.05) is 0 Å². The zero-order valence-corrected chi connectivity index (χ0v) is 13.0. The van der Waals surface area contributed by atoms with Crippen LogP contribution in [-0.2, 0) is 14.8 Å². The number of sulfonamides is 1. The van der Waals surface area contributed by atoms with Crippen LogP contribution in [0.15, 0.2) is 24.3 Å². The fraction of sp³-hybridized carbons (Fsp3) is 0.538. The van der Waals surface area contributed by atoms with Gasteiger partial charge in [0.1, 0.15) is 12.4 Å². The monoisotopic (exact) mass is 318 g/mol. The average molecular weight is 318 g/mol. The lowest BCUT2D eigenvalue weighted by Gasteiger charge is -2.20.